The highest BCUT2D eigenvalue weighted by Crippen LogP contribution is 2.01. The molecule has 0 saturated heterocycles. The zero-order valence-corrected chi connectivity index (χ0v) is 18.0. The molecule has 0 unspecified atom stereocenters. The molecule has 5 nitrogen and oxygen atoms in total. The van der Waals surface area contributed by atoms with Gasteiger partial charge < -0.3 is 15.5 Å². The lowest BCUT2D eigenvalue weighted by Gasteiger charge is -2.16. The molecule has 6 heteroatoms. The molecule has 2 aromatic rings. The summed E-state index contributed by atoms with van der Waals surface area (Å²) in [6, 6.07) is 16.5. The molecule has 2 rings (SSSR count). The predicted octanol–water partition coefficient (Wildman–Crippen LogP) is 2.93. The normalized spacial score (nSPS) is 11.1. The lowest BCUT2D eigenvalue weighted by atomic mass is 10.2. The maximum absolute atomic E-state index is 4.66. The number of aromatic nitrogens is 1. The van der Waals surface area contributed by atoms with Crippen molar-refractivity contribution in [3.8, 4) is 0 Å². The van der Waals surface area contributed by atoms with E-state index in [1.54, 1.807) is 0 Å². The summed E-state index contributed by atoms with van der Waals surface area (Å²) >= 11 is 0. The number of hydrogen-bond acceptors (Lipinski definition) is 3. The Kier molecular flexibility index (Phi) is 11.6. The number of nitrogens with one attached hydrogen (secondary N) is 2. The number of guanidine groups is 1. The third kappa shape index (κ3) is 9.15. The fraction of sp³-hybridized carbons (Fsp3) is 0.400. The van der Waals surface area contributed by atoms with Crippen molar-refractivity contribution < 1.29 is 0 Å². The molecule has 0 fully saturated rings. The summed E-state index contributed by atoms with van der Waals surface area (Å²) in [6.07, 6.45) is 2.72. The van der Waals surface area contributed by atoms with E-state index in [0.29, 0.717) is 0 Å². The van der Waals surface area contributed by atoms with Crippen LogP contribution in [-0.2, 0) is 13.0 Å². The fourth-order valence-electron chi connectivity index (χ4n) is 2.50. The van der Waals surface area contributed by atoms with E-state index in [1.165, 1.54) is 5.56 Å². The molecular formula is C20H30IN5. The van der Waals surface area contributed by atoms with Crippen LogP contribution in [0.3, 0.4) is 0 Å². The first kappa shape index (κ1) is 22.4. The van der Waals surface area contributed by atoms with Gasteiger partial charge in [0, 0.05) is 44.5 Å². The van der Waals surface area contributed by atoms with E-state index in [-0.39, 0.29) is 24.0 Å². The number of benzene rings is 1. The largest absolute Gasteiger partial charge is 0.357 e. The van der Waals surface area contributed by atoms with Crippen molar-refractivity contribution in [3.63, 3.8) is 0 Å². The van der Waals surface area contributed by atoms with Gasteiger partial charge in [0.2, 0.25) is 0 Å². The first-order valence-corrected chi connectivity index (χ1v) is 8.92. The molecule has 0 aliphatic rings. The number of aliphatic imine (C=N–C) groups is 1. The molecule has 26 heavy (non-hydrogen) atoms. The van der Waals surface area contributed by atoms with E-state index in [9.17, 15) is 0 Å². The standard InChI is InChI=1S/C20H29N5.HI/c1-3-21-20(23-14-12-19-11-7-8-13-22-19)24-15-16-25(2)17-18-9-5-4-6-10-18;/h4-11,13H,3,12,14-17H2,1-2H3,(H2,21,23,24);1H. The van der Waals surface area contributed by atoms with Gasteiger partial charge in [-0.1, -0.05) is 36.4 Å². The maximum Gasteiger partial charge on any atom is 0.191 e. The van der Waals surface area contributed by atoms with Crippen LogP contribution in [0.15, 0.2) is 59.7 Å². The molecule has 0 atom stereocenters. The Labute approximate surface area is 174 Å². The van der Waals surface area contributed by atoms with Crippen LogP contribution in [0.25, 0.3) is 0 Å². The minimum atomic E-state index is 0. The summed E-state index contributed by atoms with van der Waals surface area (Å²) in [7, 11) is 2.13. The Bertz CT molecular complexity index is 619. The van der Waals surface area contributed by atoms with Crippen molar-refractivity contribution in [2.24, 2.45) is 4.99 Å². The summed E-state index contributed by atoms with van der Waals surface area (Å²) in [5.41, 5.74) is 2.42. The average molecular weight is 467 g/mol. The van der Waals surface area contributed by atoms with Crippen LogP contribution < -0.4 is 10.6 Å². The van der Waals surface area contributed by atoms with Gasteiger partial charge in [-0.2, -0.15) is 0 Å². The molecule has 0 aliphatic heterocycles. The van der Waals surface area contributed by atoms with Gasteiger partial charge in [0.05, 0.1) is 6.54 Å². The van der Waals surface area contributed by atoms with E-state index in [4.69, 9.17) is 0 Å². The minimum absolute atomic E-state index is 0. The van der Waals surface area contributed by atoms with Crippen molar-refractivity contribution in [1.29, 1.82) is 0 Å². The SMILES string of the molecule is CCNC(=NCCN(C)Cc1ccccc1)NCCc1ccccn1.I. The predicted molar refractivity (Wildman–Crippen MR) is 120 cm³/mol. The molecule has 0 bridgehead atoms. The van der Waals surface area contributed by atoms with Gasteiger partial charge in [0.15, 0.2) is 5.96 Å². The first-order valence-electron chi connectivity index (χ1n) is 8.92. The zero-order chi connectivity index (χ0) is 17.7. The Balaban J connectivity index is 0.00000338. The number of halogens is 1. The van der Waals surface area contributed by atoms with E-state index >= 15 is 0 Å². The second kappa shape index (κ2) is 13.5. The molecule has 0 amide bonds. The fourth-order valence-corrected chi connectivity index (χ4v) is 2.50. The number of hydrogen-bond donors (Lipinski definition) is 2. The second-order valence-corrected chi connectivity index (χ2v) is 5.98. The quantitative estimate of drug-likeness (QED) is 0.339. The average Bonchev–Trinajstić information content (AvgIpc) is 2.63. The van der Waals surface area contributed by atoms with Crippen LogP contribution in [0.2, 0.25) is 0 Å². The second-order valence-electron chi connectivity index (χ2n) is 5.98. The zero-order valence-electron chi connectivity index (χ0n) is 15.7. The van der Waals surface area contributed by atoms with Gasteiger partial charge in [-0.3, -0.25) is 9.98 Å². The molecule has 0 spiro atoms. The maximum atomic E-state index is 4.66. The highest BCUT2D eigenvalue weighted by atomic mass is 127. The Morgan fingerprint density at radius 3 is 2.54 bits per heavy atom. The minimum Gasteiger partial charge on any atom is -0.357 e. The van der Waals surface area contributed by atoms with Gasteiger partial charge in [-0.05, 0) is 31.7 Å². The Morgan fingerprint density at radius 2 is 1.85 bits per heavy atom. The van der Waals surface area contributed by atoms with Crippen molar-refractivity contribution in [1.82, 2.24) is 20.5 Å². The molecule has 142 valence electrons. The number of pyridine rings is 1. The molecular weight excluding hydrogens is 437 g/mol. The lowest BCUT2D eigenvalue weighted by Crippen LogP contribution is -2.39. The van der Waals surface area contributed by atoms with Crippen LogP contribution in [0.4, 0.5) is 0 Å². The number of likely N-dealkylation sites (N-methyl/N-ethyl adjacent to an activating group) is 1. The highest BCUT2D eigenvalue weighted by molar-refractivity contribution is 14.0. The summed E-state index contributed by atoms with van der Waals surface area (Å²) in [6.45, 7) is 6.39. The van der Waals surface area contributed by atoms with Crippen LogP contribution in [0.1, 0.15) is 18.2 Å². The van der Waals surface area contributed by atoms with Crippen LogP contribution in [-0.4, -0.2) is 49.1 Å². The molecule has 0 aliphatic carbocycles. The Hall–Kier alpha value is -1.67. The summed E-state index contributed by atoms with van der Waals surface area (Å²) in [4.78, 5) is 11.3. The smallest absolute Gasteiger partial charge is 0.191 e. The number of rotatable bonds is 9. The molecule has 1 aromatic carbocycles. The third-order valence-corrected chi connectivity index (χ3v) is 3.79. The van der Waals surface area contributed by atoms with Gasteiger partial charge in [-0.15, -0.1) is 24.0 Å². The summed E-state index contributed by atoms with van der Waals surface area (Å²) in [5, 5.41) is 6.67. The molecule has 1 heterocycles. The topological polar surface area (TPSA) is 52.6 Å². The third-order valence-electron chi connectivity index (χ3n) is 3.79. The van der Waals surface area contributed by atoms with Crippen LogP contribution in [0.5, 0.6) is 0 Å². The monoisotopic (exact) mass is 467 g/mol. The molecule has 2 N–H and O–H groups in total. The van der Waals surface area contributed by atoms with Crippen molar-refractivity contribution >= 4 is 29.9 Å². The van der Waals surface area contributed by atoms with Crippen LogP contribution in [0, 0.1) is 0 Å². The van der Waals surface area contributed by atoms with E-state index in [2.05, 4.69) is 63.7 Å². The van der Waals surface area contributed by atoms with Gasteiger partial charge in [0.25, 0.3) is 0 Å². The van der Waals surface area contributed by atoms with E-state index < -0.39 is 0 Å². The molecule has 0 radical (unpaired) electrons. The summed E-state index contributed by atoms with van der Waals surface area (Å²) in [5.74, 6) is 0.867. The van der Waals surface area contributed by atoms with Gasteiger partial charge >= 0.3 is 0 Å². The van der Waals surface area contributed by atoms with Crippen molar-refractivity contribution in [3.05, 3.63) is 66.0 Å². The summed E-state index contributed by atoms with van der Waals surface area (Å²) < 4.78 is 0. The first-order chi connectivity index (χ1) is 12.3. The van der Waals surface area contributed by atoms with Gasteiger partial charge in [-0.25, -0.2) is 0 Å². The van der Waals surface area contributed by atoms with E-state index in [1.807, 2.05) is 30.5 Å². The van der Waals surface area contributed by atoms with Gasteiger partial charge in [0.1, 0.15) is 0 Å². The molecule has 1 aromatic heterocycles. The molecule has 0 saturated carbocycles. The van der Waals surface area contributed by atoms with Crippen molar-refractivity contribution in [2.75, 3.05) is 33.2 Å². The lowest BCUT2D eigenvalue weighted by molar-refractivity contribution is 0.336. The van der Waals surface area contributed by atoms with Crippen LogP contribution >= 0.6 is 24.0 Å². The number of nitrogens with zero attached hydrogens (tertiary/aromatic N) is 3. The highest BCUT2D eigenvalue weighted by Gasteiger charge is 2.01. The Morgan fingerprint density at radius 1 is 1.08 bits per heavy atom. The van der Waals surface area contributed by atoms with Crippen molar-refractivity contribution in [2.45, 2.75) is 19.9 Å². The van der Waals surface area contributed by atoms with E-state index in [0.717, 1.165) is 50.8 Å².